The summed E-state index contributed by atoms with van der Waals surface area (Å²) in [7, 11) is 0. The van der Waals surface area contributed by atoms with Gasteiger partial charge in [0.2, 0.25) is 0 Å². The second-order valence-corrected chi connectivity index (χ2v) is 1.19. The summed E-state index contributed by atoms with van der Waals surface area (Å²) >= 11 is 0. The Morgan fingerprint density at radius 2 is 0.435 bits per heavy atom. The van der Waals surface area contributed by atoms with Crippen LogP contribution in [0.2, 0.25) is 0 Å². The number of hydrogen-bond acceptors (Lipinski definition) is 10. The standard InChI is InChI=1S/3K.5HNO3.3H/c;;;5*2-1(3)4;;;/h;;;5*(H,2,3,4);;;/q3*+1;;;;;;3*-1. The Morgan fingerprint density at radius 3 is 0.435 bits per heavy atom. The summed E-state index contributed by atoms with van der Waals surface area (Å²) < 4.78 is 0. The molecule has 0 rings (SSSR count). The third kappa shape index (κ3) is 12100. The molecule has 0 radical (unpaired) electrons. The predicted molar refractivity (Wildman–Crippen MR) is 47.2 cm³/mol. The summed E-state index contributed by atoms with van der Waals surface area (Å²) in [4.78, 5) is 41.8. The van der Waals surface area contributed by atoms with E-state index in [2.05, 4.69) is 0 Å². The van der Waals surface area contributed by atoms with E-state index in [-0.39, 0.29) is 158 Å². The maximum Gasteiger partial charge on any atom is 1.00 e. The molecule has 20 nitrogen and oxygen atoms in total. The minimum absolute atomic E-state index is 0. The van der Waals surface area contributed by atoms with E-state index in [4.69, 9.17) is 76.6 Å². The Bertz CT molecular complexity index is 227. The van der Waals surface area contributed by atoms with Crippen molar-refractivity contribution in [1.29, 1.82) is 0 Å². The molecule has 0 heterocycles. The Labute approximate surface area is 255 Å². The van der Waals surface area contributed by atoms with Crippen LogP contribution in [0.1, 0.15) is 4.28 Å². The largest absolute Gasteiger partial charge is 1.00 e. The molecule has 0 bridgehead atoms. The molecule has 0 amide bonds. The van der Waals surface area contributed by atoms with Crippen molar-refractivity contribution in [2.24, 2.45) is 0 Å². The normalized spacial score (nSPS) is 5.22. The van der Waals surface area contributed by atoms with Crippen molar-refractivity contribution in [3.63, 3.8) is 0 Å². The van der Waals surface area contributed by atoms with E-state index in [1.807, 2.05) is 0 Å². The van der Waals surface area contributed by atoms with E-state index >= 15 is 0 Å². The van der Waals surface area contributed by atoms with Crippen molar-refractivity contribution in [1.82, 2.24) is 0 Å². The zero-order chi connectivity index (χ0) is 17.9. The van der Waals surface area contributed by atoms with Crippen LogP contribution in [-0.4, -0.2) is 51.5 Å². The van der Waals surface area contributed by atoms with Crippen LogP contribution in [0.25, 0.3) is 0 Å². The molecule has 5 N–H and O–H groups in total. The van der Waals surface area contributed by atoms with Crippen LogP contribution < -0.4 is 154 Å². The van der Waals surface area contributed by atoms with Gasteiger partial charge in [-0.1, -0.05) is 0 Å². The van der Waals surface area contributed by atoms with E-state index < -0.39 is 25.4 Å². The summed E-state index contributed by atoms with van der Waals surface area (Å²) in [6.45, 7) is 0. The molecule has 0 aromatic rings. The fourth-order valence-electron chi connectivity index (χ4n) is 0. The van der Waals surface area contributed by atoms with Crippen LogP contribution >= 0.6 is 0 Å². The van der Waals surface area contributed by atoms with E-state index in [9.17, 15) is 0 Å². The Kier molecular flexibility index (Phi) is 93.7. The SMILES string of the molecule is O=[N+]([O-])O.O=[N+]([O-])O.O=[N+]([O-])O.O=[N+]([O-])O.O=[N+]([O-])O.[H-].[H-].[H-].[K+].[K+].[K+]. The number of nitrogens with zero attached hydrogens (tertiary/aromatic N) is 5. The van der Waals surface area contributed by atoms with Crippen molar-refractivity contribution in [3.8, 4) is 0 Å². The average Bonchev–Trinajstić information content (AvgIpc) is 1.94. The second-order valence-electron chi connectivity index (χ2n) is 1.19. The molecule has 23 heavy (non-hydrogen) atoms. The smallest absolute Gasteiger partial charge is 1.00 e. The summed E-state index contributed by atoms with van der Waals surface area (Å²) in [6, 6.07) is 0. The minimum Gasteiger partial charge on any atom is -1.00 e. The Balaban J connectivity index is -0.0000000114. The van der Waals surface area contributed by atoms with Gasteiger partial charge in [-0.15, -0.1) is 50.6 Å². The molecule has 23 heteroatoms. The third-order valence-electron chi connectivity index (χ3n) is 0. The van der Waals surface area contributed by atoms with Crippen LogP contribution in [0.15, 0.2) is 0 Å². The summed E-state index contributed by atoms with van der Waals surface area (Å²) in [5.41, 5.74) is 0. The zero-order valence-corrected chi connectivity index (χ0v) is 20.9. The van der Waals surface area contributed by atoms with Crippen LogP contribution in [0, 0.1) is 50.6 Å². The van der Waals surface area contributed by atoms with Gasteiger partial charge in [-0.05, 0) is 0 Å². The molecule has 0 aliphatic rings. The quantitative estimate of drug-likeness (QED) is 0.134. The van der Waals surface area contributed by atoms with E-state index in [0.717, 1.165) is 0 Å². The minimum atomic E-state index is -1.50. The molecule has 126 valence electrons. The molecular weight excluding hydrogens is 427 g/mol. The topological polar surface area (TPSA) is 317 Å². The fourth-order valence-corrected chi connectivity index (χ4v) is 0. The first-order valence-electron chi connectivity index (χ1n) is 2.83. The van der Waals surface area contributed by atoms with Gasteiger partial charge >= 0.3 is 154 Å². The first-order chi connectivity index (χ1) is 8.66. The van der Waals surface area contributed by atoms with Gasteiger partial charge in [0, 0.05) is 0 Å². The fraction of sp³-hybridized carbons (Fsp3) is 0. The maximum absolute atomic E-state index is 8.36. The van der Waals surface area contributed by atoms with Crippen LogP contribution in [-0.2, 0) is 0 Å². The molecule has 0 aliphatic carbocycles. The Morgan fingerprint density at radius 1 is 0.435 bits per heavy atom. The second kappa shape index (κ2) is 43.4. The molecular formula is H8K3N5O15. The van der Waals surface area contributed by atoms with Crippen LogP contribution in [0.3, 0.4) is 0 Å². The van der Waals surface area contributed by atoms with E-state index in [1.165, 1.54) is 0 Å². The molecule has 0 aromatic heterocycles. The van der Waals surface area contributed by atoms with Gasteiger partial charge in [0.05, 0.1) is 0 Å². The molecule has 0 atom stereocenters. The molecule has 0 saturated heterocycles. The molecule has 0 unspecified atom stereocenters. The van der Waals surface area contributed by atoms with Gasteiger partial charge in [-0.3, -0.25) is 0 Å². The van der Waals surface area contributed by atoms with Gasteiger partial charge in [0.25, 0.3) is 25.4 Å². The van der Waals surface area contributed by atoms with E-state index in [0.29, 0.717) is 0 Å². The summed E-state index contributed by atoms with van der Waals surface area (Å²) in [5.74, 6) is 0. The monoisotopic (exact) mass is 435 g/mol. The van der Waals surface area contributed by atoms with Crippen LogP contribution in [0.5, 0.6) is 0 Å². The first-order valence-corrected chi connectivity index (χ1v) is 2.83. The van der Waals surface area contributed by atoms with Crippen molar-refractivity contribution in [2.75, 3.05) is 0 Å². The molecule has 0 fully saturated rings. The molecule has 0 aromatic carbocycles. The average molecular weight is 435 g/mol. The van der Waals surface area contributed by atoms with Crippen molar-refractivity contribution in [3.05, 3.63) is 50.6 Å². The molecule has 0 aliphatic heterocycles. The van der Waals surface area contributed by atoms with E-state index in [1.54, 1.807) is 0 Å². The van der Waals surface area contributed by atoms with Crippen molar-refractivity contribution in [2.45, 2.75) is 0 Å². The van der Waals surface area contributed by atoms with Gasteiger partial charge in [-0.2, -0.15) is 0 Å². The number of rotatable bonds is 0. The maximum atomic E-state index is 8.36. The van der Waals surface area contributed by atoms with Gasteiger partial charge < -0.3 is 30.3 Å². The predicted octanol–water partition coefficient (Wildman–Crippen LogP) is -10.4. The summed E-state index contributed by atoms with van der Waals surface area (Å²) in [5, 5.41) is 68.2. The number of hydrogen-bond donors (Lipinski definition) is 5. The zero-order valence-electron chi connectivity index (χ0n) is 14.6. The van der Waals surface area contributed by atoms with Crippen molar-refractivity contribution < 1.29 is 210 Å². The Hall–Kier alpha value is 0.909. The molecule has 0 saturated carbocycles. The first kappa shape index (κ1) is 49.6. The third-order valence-corrected chi connectivity index (χ3v) is 0. The van der Waals surface area contributed by atoms with Crippen LogP contribution in [0.4, 0.5) is 0 Å². The van der Waals surface area contributed by atoms with Gasteiger partial charge in [-0.25, -0.2) is 0 Å². The molecule has 0 spiro atoms. The summed E-state index contributed by atoms with van der Waals surface area (Å²) in [6.07, 6.45) is 0. The van der Waals surface area contributed by atoms with Gasteiger partial charge in [0.1, 0.15) is 0 Å². The van der Waals surface area contributed by atoms with Gasteiger partial charge in [0.15, 0.2) is 0 Å². The van der Waals surface area contributed by atoms with Crippen molar-refractivity contribution >= 4 is 0 Å².